The summed E-state index contributed by atoms with van der Waals surface area (Å²) in [6.07, 6.45) is 3.23. The van der Waals surface area contributed by atoms with Crippen molar-refractivity contribution in [3.05, 3.63) is 42.2 Å². The molecule has 0 saturated heterocycles. The van der Waals surface area contributed by atoms with Crippen LogP contribution in [0.4, 0.5) is 16.2 Å². The molecule has 0 unspecified atom stereocenters. The number of carbonyl (C=O) groups is 2. The van der Waals surface area contributed by atoms with Crippen molar-refractivity contribution < 1.29 is 9.59 Å². The first-order valence-corrected chi connectivity index (χ1v) is 5.51. The molecule has 98 valence electrons. The second-order valence-corrected chi connectivity index (χ2v) is 3.93. The van der Waals surface area contributed by atoms with E-state index in [0.29, 0.717) is 16.9 Å². The molecule has 1 heterocycles. The number of aryl methyl sites for hydroxylation is 1. The second-order valence-electron chi connectivity index (χ2n) is 3.93. The lowest BCUT2D eigenvalue weighted by Gasteiger charge is -2.05. The van der Waals surface area contributed by atoms with Crippen LogP contribution < -0.4 is 16.4 Å². The molecule has 0 aliphatic carbocycles. The molecule has 2 aromatic rings. The zero-order chi connectivity index (χ0) is 13.8. The zero-order valence-corrected chi connectivity index (χ0v) is 10.3. The summed E-state index contributed by atoms with van der Waals surface area (Å²) in [5.41, 5.74) is 6.49. The number of urea groups is 1. The van der Waals surface area contributed by atoms with Gasteiger partial charge in [0.25, 0.3) is 5.91 Å². The van der Waals surface area contributed by atoms with E-state index < -0.39 is 6.03 Å². The standard InChI is InChI=1S/C12H13N5O2/c1-17-7-10(6-14-17)15-11(18)8-3-2-4-9(5-8)16-12(13)19/h2-7H,1H3,(H,15,18)(H3,13,16,19). The smallest absolute Gasteiger partial charge is 0.316 e. The molecular formula is C12H13N5O2. The molecule has 1 aromatic heterocycles. The van der Waals surface area contributed by atoms with Gasteiger partial charge in [-0.1, -0.05) is 6.07 Å². The lowest BCUT2D eigenvalue weighted by Crippen LogP contribution is -2.19. The van der Waals surface area contributed by atoms with Crippen LogP contribution in [-0.4, -0.2) is 21.7 Å². The molecule has 0 aliphatic heterocycles. The maximum atomic E-state index is 12.0. The Morgan fingerprint density at radius 3 is 2.68 bits per heavy atom. The molecule has 0 bridgehead atoms. The highest BCUT2D eigenvalue weighted by atomic mass is 16.2. The highest BCUT2D eigenvalue weighted by molar-refractivity contribution is 6.05. The van der Waals surface area contributed by atoms with Crippen LogP contribution in [0.3, 0.4) is 0 Å². The fourth-order valence-corrected chi connectivity index (χ4v) is 1.57. The Balaban J connectivity index is 2.12. The van der Waals surface area contributed by atoms with Crippen LogP contribution in [0.1, 0.15) is 10.4 Å². The Kier molecular flexibility index (Phi) is 3.46. The summed E-state index contributed by atoms with van der Waals surface area (Å²) in [4.78, 5) is 22.7. The molecule has 0 fully saturated rings. The van der Waals surface area contributed by atoms with E-state index in [1.165, 1.54) is 6.07 Å². The van der Waals surface area contributed by atoms with Crippen molar-refractivity contribution in [2.45, 2.75) is 0 Å². The molecule has 0 atom stereocenters. The summed E-state index contributed by atoms with van der Waals surface area (Å²) in [7, 11) is 1.76. The summed E-state index contributed by atoms with van der Waals surface area (Å²) in [6.45, 7) is 0. The number of anilines is 2. The van der Waals surface area contributed by atoms with Crippen LogP contribution in [0.5, 0.6) is 0 Å². The van der Waals surface area contributed by atoms with Crippen molar-refractivity contribution in [1.82, 2.24) is 9.78 Å². The van der Waals surface area contributed by atoms with E-state index in [2.05, 4.69) is 15.7 Å². The normalized spacial score (nSPS) is 9.95. The number of carbonyl (C=O) groups excluding carboxylic acids is 2. The molecule has 7 nitrogen and oxygen atoms in total. The number of aromatic nitrogens is 2. The molecule has 0 saturated carbocycles. The van der Waals surface area contributed by atoms with Gasteiger partial charge in [0.05, 0.1) is 11.9 Å². The van der Waals surface area contributed by atoms with Gasteiger partial charge in [0.15, 0.2) is 0 Å². The number of nitrogens with one attached hydrogen (secondary N) is 2. The summed E-state index contributed by atoms with van der Waals surface area (Å²) in [5, 5.41) is 9.05. The molecule has 4 N–H and O–H groups in total. The first-order valence-electron chi connectivity index (χ1n) is 5.51. The topological polar surface area (TPSA) is 102 Å². The van der Waals surface area contributed by atoms with Gasteiger partial charge in [-0.15, -0.1) is 0 Å². The average Bonchev–Trinajstić information content (AvgIpc) is 2.74. The lowest BCUT2D eigenvalue weighted by atomic mass is 10.2. The van der Waals surface area contributed by atoms with Crippen LogP contribution in [-0.2, 0) is 7.05 Å². The summed E-state index contributed by atoms with van der Waals surface area (Å²) < 4.78 is 1.58. The van der Waals surface area contributed by atoms with Crippen LogP contribution in [0.2, 0.25) is 0 Å². The largest absolute Gasteiger partial charge is 0.351 e. The van der Waals surface area contributed by atoms with Crippen LogP contribution in [0.25, 0.3) is 0 Å². The second kappa shape index (κ2) is 5.21. The Hall–Kier alpha value is -2.83. The van der Waals surface area contributed by atoms with Gasteiger partial charge in [-0.3, -0.25) is 9.48 Å². The van der Waals surface area contributed by atoms with E-state index in [1.54, 1.807) is 42.3 Å². The number of primary amides is 1. The van der Waals surface area contributed by atoms with E-state index >= 15 is 0 Å². The number of hydrogen-bond donors (Lipinski definition) is 3. The summed E-state index contributed by atoms with van der Waals surface area (Å²) in [5.74, 6) is -0.291. The fraction of sp³-hybridized carbons (Fsp3) is 0.0833. The van der Waals surface area contributed by atoms with Gasteiger partial charge in [-0.2, -0.15) is 5.10 Å². The molecule has 3 amide bonds. The van der Waals surface area contributed by atoms with Gasteiger partial charge >= 0.3 is 6.03 Å². The number of amides is 3. The van der Waals surface area contributed by atoms with Crippen LogP contribution in [0, 0.1) is 0 Å². The molecule has 1 aromatic carbocycles. The maximum Gasteiger partial charge on any atom is 0.316 e. The molecule has 0 aliphatic rings. The highest BCUT2D eigenvalue weighted by Gasteiger charge is 2.08. The van der Waals surface area contributed by atoms with Crippen LogP contribution in [0.15, 0.2) is 36.7 Å². The SMILES string of the molecule is Cn1cc(NC(=O)c2cccc(NC(N)=O)c2)cn1. The maximum absolute atomic E-state index is 12.0. The fourth-order valence-electron chi connectivity index (χ4n) is 1.57. The number of nitrogens with two attached hydrogens (primary N) is 1. The van der Waals surface area contributed by atoms with E-state index in [0.717, 1.165) is 0 Å². The predicted molar refractivity (Wildman–Crippen MR) is 70.8 cm³/mol. The predicted octanol–water partition coefficient (Wildman–Crippen LogP) is 1.16. The number of rotatable bonds is 3. The Labute approximate surface area is 109 Å². The highest BCUT2D eigenvalue weighted by Crippen LogP contribution is 2.12. The first-order chi connectivity index (χ1) is 9.04. The molecular weight excluding hydrogens is 246 g/mol. The van der Waals surface area contributed by atoms with E-state index in [-0.39, 0.29) is 5.91 Å². The van der Waals surface area contributed by atoms with Gasteiger partial charge in [-0.05, 0) is 18.2 Å². The number of hydrogen-bond acceptors (Lipinski definition) is 3. The van der Waals surface area contributed by atoms with Crippen molar-refractivity contribution in [1.29, 1.82) is 0 Å². The first kappa shape index (κ1) is 12.6. The van der Waals surface area contributed by atoms with Gasteiger partial charge in [0.2, 0.25) is 0 Å². The molecule has 19 heavy (non-hydrogen) atoms. The minimum Gasteiger partial charge on any atom is -0.351 e. The average molecular weight is 259 g/mol. The monoisotopic (exact) mass is 259 g/mol. The van der Waals surface area contributed by atoms with Crippen molar-refractivity contribution >= 4 is 23.3 Å². The van der Waals surface area contributed by atoms with Gasteiger partial charge in [0, 0.05) is 24.5 Å². The van der Waals surface area contributed by atoms with E-state index in [1.807, 2.05) is 0 Å². The van der Waals surface area contributed by atoms with Gasteiger partial charge < -0.3 is 16.4 Å². The Morgan fingerprint density at radius 2 is 2.05 bits per heavy atom. The Bertz CT molecular complexity index is 620. The van der Waals surface area contributed by atoms with Crippen molar-refractivity contribution in [3.8, 4) is 0 Å². The minimum absolute atomic E-state index is 0.291. The third kappa shape index (κ3) is 3.32. The third-order valence-electron chi connectivity index (χ3n) is 2.36. The van der Waals surface area contributed by atoms with Gasteiger partial charge in [0.1, 0.15) is 0 Å². The van der Waals surface area contributed by atoms with E-state index in [4.69, 9.17) is 5.73 Å². The molecule has 0 spiro atoms. The zero-order valence-electron chi connectivity index (χ0n) is 10.3. The quantitative estimate of drug-likeness (QED) is 0.770. The minimum atomic E-state index is -0.676. The Morgan fingerprint density at radius 1 is 1.26 bits per heavy atom. The van der Waals surface area contributed by atoms with E-state index in [9.17, 15) is 9.59 Å². The van der Waals surface area contributed by atoms with Crippen molar-refractivity contribution in [3.63, 3.8) is 0 Å². The van der Waals surface area contributed by atoms with Crippen LogP contribution >= 0.6 is 0 Å². The third-order valence-corrected chi connectivity index (χ3v) is 2.36. The number of benzene rings is 1. The molecule has 0 radical (unpaired) electrons. The molecule has 2 rings (SSSR count). The van der Waals surface area contributed by atoms with Gasteiger partial charge in [-0.25, -0.2) is 4.79 Å². The van der Waals surface area contributed by atoms with Crippen molar-refractivity contribution in [2.24, 2.45) is 12.8 Å². The summed E-state index contributed by atoms with van der Waals surface area (Å²) in [6, 6.07) is 5.80. The van der Waals surface area contributed by atoms with Crippen molar-refractivity contribution in [2.75, 3.05) is 10.6 Å². The summed E-state index contributed by atoms with van der Waals surface area (Å²) >= 11 is 0. The lowest BCUT2D eigenvalue weighted by molar-refractivity contribution is 0.102. The molecule has 7 heteroatoms. The number of nitrogens with zero attached hydrogens (tertiary/aromatic N) is 2.